The molecule has 0 N–H and O–H groups in total. The van der Waals surface area contributed by atoms with Crippen molar-refractivity contribution < 1.29 is 22.7 Å². The number of imidazole rings is 1. The SMILES string of the molecule is CCC1CCCCN1C(=O)C(C)OC(=O)C1CCN(S(=O)(=O)c2cn(C)c(C)n2)CC1. The number of piperidine rings is 2. The fourth-order valence-corrected chi connectivity index (χ4v) is 5.88. The van der Waals surface area contributed by atoms with E-state index >= 15 is 0 Å². The topological polar surface area (TPSA) is 102 Å². The molecule has 2 aliphatic heterocycles. The van der Waals surface area contributed by atoms with Crippen molar-refractivity contribution >= 4 is 21.9 Å². The number of ether oxygens (including phenoxy) is 1. The zero-order valence-electron chi connectivity index (χ0n) is 18.9. The smallest absolute Gasteiger partial charge is 0.309 e. The molecule has 174 valence electrons. The predicted octanol–water partition coefficient (Wildman–Crippen LogP) is 1.85. The van der Waals surface area contributed by atoms with Crippen LogP contribution in [0.5, 0.6) is 0 Å². The van der Waals surface area contributed by atoms with E-state index in [9.17, 15) is 18.0 Å². The van der Waals surface area contributed by atoms with Gasteiger partial charge in [-0.2, -0.15) is 4.31 Å². The van der Waals surface area contributed by atoms with Crippen LogP contribution in [0.25, 0.3) is 0 Å². The van der Waals surface area contributed by atoms with Gasteiger partial charge in [-0.1, -0.05) is 6.92 Å². The van der Waals surface area contributed by atoms with Gasteiger partial charge in [-0.25, -0.2) is 13.4 Å². The summed E-state index contributed by atoms with van der Waals surface area (Å²) < 4.78 is 34.2. The molecule has 2 saturated heterocycles. The number of sulfonamides is 1. The first-order valence-corrected chi connectivity index (χ1v) is 12.6. The molecule has 0 spiro atoms. The molecule has 3 heterocycles. The van der Waals surface area contributed by atoms with Gasteiger partial charge in [0.15, 0.2) is 11.1 Å². The largest absolute Gasteiger partial charge is 0.452 e. The summed E-state index contributed by atoms with van der Waals surface area (Å²) in [6.07, 6.45) is 5.40. The van der Waals surface area contributed by atoms with E-state index < -0.39 is 28.0 Å². The lowest BCUT2D eigenvalue weighted by Gasteiger charge is -2.37. The summed E-state index contributed by atoms with van der Waals surface area (Å²) >= 11 is 0. The maximum atomic E-state index is 12.8. The average Bonchev–Trinajstić information content (AvgIpc) is 3.12. The molecular formula is C21H34N4O5S. The van der Waals surface area contributed by atoms with E-state index in [0.717, 1.165) is 25.7 Å². The summed E-state index contributed by atoms with van der Waals surface area (Å²) in [6, 6.07) is 0.214. The molecule has 0 bridgehead atoms. The Labute approximate surface area is 184 Å². The highest BCUT2D eigenvalue weighted by atomic mass is 32.2. The van der Waals surface area contributed by atoms with Gasteiger partial charge in [0.2, 0.25) is 0 Å². The zero-order valence-corrected chi connectivity index (χ0v) is 19.7. The third-order valence-corrected chi connectivity index (χ3v) is 8.27. The summed E-state index contributed by atoms with van der Waals surface area (Å²) in [5.41, 5.74) is 0. The van der Waals surface area contributed by atoms with Crippen LogP contribution in [0.2, 0.25) is 0 Å². The van der Waals surface area contributed by atoms with Crippen LogP contribution in [-0.2, 0) is 31.4 Å². The van der Waals surface area contributed by atoms with E-state index in [2.05, 4.69) is 11.9 Å². The van der Waals surface area contributed by atoms with Crippen molar-refractivity contribution in [3.8, 4) is 0 Å². The molecule has 10 heteroatoms. The monoisotopic (exact) mass is 454 g/mol. The quantitative estimate of drug-likeness (QED) is 0.608. The summed E-state index contributed by atoms with van der Waals surface area (Å²) in [6.45, 7) is 6.61. The third-order valence-electron chi connectivity index (χ3n) is 6.50. The standard InChI is InChI=1S/C21H34N4O5S/c1-5-18-8-6-7-11-25(18)20(26)15(2)30-21(27)17-9-12-24(13-10-17)31(28,29)19-14-23(4)16(3)22-19/h14-15,17-18H,5-13H2,1-4H3. The summed E-state index contributed by atoms with van der Waals surface area (Å²) in [7, 11) is -1.94. The first-order valence-electron chi connectivity index (χ1n) is 11.2. The zero-order chi connectivity index (χ0) is 22.8. The number of carbonyl (C=O) groups excluding carboxylic acids is 2. The number of rotatable bonds is 6. The fourth-order valence-electron chi connectivity index (χ4n) is 4.38. The molecule has 1 amide bonds. The number of hydrogen-bond donors (Lipinski definition) is 0. The van der Waals surface area contributed by atoms with E-state index in [0.29, 0.717) is 25.2 Å². The van der Waals surface area contributed by atoms with Crippen molar-refractivity contribution in [1.29, 1.82) is 0 Å². The number of likely N-dealkylation sites (tertiary alicyclic amines) is 1. The Morgan fingerprint density at radius 1 is 1.19 bits per heavy atom. The van der Waals surface area contributed by atoms with E-state index in [1.807, 2.05) is 4.90 Å². The van der Waals surface area contributed by atoms with E-state index in [1.165, 1.54) is 10.5 Å². The lowest BCUT2D eigenvalue weighted by atomic mass is 9.98. The number of esters is 1. The Balaban J connectivity index is 1.54. The number of hydrogen-bond acceptors (Lipinski definition) is 6. The minimum atomic E-state index is -3.68. The van der Waals surface area contributed by atoms with Gasteiger partial charge in [-0.05, 0) is 52.4 Å². The van der Waals surface area contributed by atoms with Crippen molar-refractivity contribution in [2.24, 2.45) is 13.0 Å². The molecule has 1 aromatic rings. The third kappa shape index (κ3) is 5.11. The van der Waals surface area contributed by atoms with Crippen LogP contribution in [0.15, 0.2) is 11.2 Å². The van der Waals surface area contributed by atoms with Crippen molar-refractivity contribution in [3.05, 3.63) is 12.0 Å². The summed E-state index contributed by atoms with van der Waals surface area (Å²) in [5, 5.41) is 0.0276. The first-order chi connectivity index (χ1) is 14.6. The Hall–Kier alpha value is -1.94. The molecule has 2 fully saturated rings. The van der Waals surface area contributed by atoms with E-state index in [4.69, 9.17) is 4.74 Å². The number of amides is 1. The maximum Gasteiger partial charge on any atom is 0.309 e. The normalized spacial score (nSPS) is 22.3. The van der Waals surface area contributed by atoms with Gasteiger partial charge >= 0.3 is 5.97 Å². The molecule has 0 radical (unpaired) electrons. The molecule has 2 aliphatic rings. The van der Waals surface area contributed by atoms with Crippen LogP contribution < -0.4 is 0 Å². The second-order valence-electron chi connectivity index (χ2n) is 8.58. The molecule has 2 atom stereocenters. The number of nitrogens with zero attached hydrogens (tertiary/aromatic N) is 4. The summed E-state index contributed by atoms with van der Waals surface area (Å²) in [5.74, 6) is -0.340. The van der Waals surface area contributed by atoms with Gasteiger partial charge in [0, 0.05) is 38.9 Å². The first kappa shape index (κ1) is 23.7. The molecule has 9 nitrogen and oxygen atoms in total. The van der Waals surface area contributed by atoms with Crippen LogP contribution >= 0.6 is 0 Å². The number of aryl methyl sites for hydroxylation is 2. The van der Waals surface area contributed by atoms with Gasteiger partial charge in [0.1, 0.15) is 5.82 Å². The van der Waals surface area contributed by atoms with Crippen LogP contribution in [0.4, 0.5) is 0 Å². The molecular weight excluding hydrogens is 420 g/mol. The van der Waals surface area contributed by atoms with Gasteiger partial charge < -0.3 is 14.2 Å². The molecule has 0 aromatic carbocycles. The van der Waals surface area contributed by atoms with Crippen LogP contribution in [-0.4, -0.2) is 70.8 Å². The second kappa shape index (κ2) is 9.68. The highest BCUT2D eigenvalue weighted by Gasteiger charge is 2.36. The Kier molecular flexibility index (Phi) is 7.41. The molecule has 0 saturated carbocycles. The molecule has 3 rings (SSSR count). The van der Waals surface area contributed by atoms with Crippen molar-refractivity contribution in [2.45, 2.75) is 76.5 Å². The highest BCUT2D eigenvalue weighted by molar-refractivity contribution is 7.89. The Morgan fingerprint density at radius 3 is 2.45 bits per heavy atom. The lowest BCUT2D eigenvalue weighted by Crippen LogP contribution is -2.49. The van der Waals surface area contributed by atoms with Crippen LogP contribution in [0, 0.1) is 12.8 Å². The van der Waals surface area contributed by atoms with E-state index in [-0.39, 0.29) is 30.1 Å². The predicted molar refractivity (Wildman–Crippen MR) is 115 cm³/mol. The van der Waals surface area contributed by atoms with Gasteiger partial charge in [-0.3, -0.25) is 9.59 Å². The fraction of sp³-hybridized carbons (Fsp3) is 0.762. The van der Waals surface area contributed by atoms with E-state index in [1.54, 1.807) is 25.5 Å². The number of carbonyl (C=O) groups is 2. The Bertz CT molecular complexity index is 885. The summed E-state index contributed by atoms with van der Waals surface area (Å²) in [4.78, 5) is 31.4. The average molecular weight is 455 g/mol. The van der Waals surface area contributed by atoms with Gasteiger partial charge in [-0.15, -0.1) is 0 Å². The van der Waals surface area contributed by atoms with Crippen molar-refractivity contribution in [1.82, 2.24) is 18.8 Å². The highest BCUT2D eigenvalue weighted by Crippen LogP contribution is 2.26. The van der Waals surface area contributed by atoms with Crippen LogP contribution in [0.3, 0.4) is 0 Å². The number of aromatic nitrogens is 2. The maximum absolute atomic E-state index is 12.8. The van der Waals surface area contributed by atoms with Crippen LogP contribution in [0.1, 0.15) is 58.2 Å². The minimum Gasteiger partial charge on any atom is -0.452 e. The van der Waals surface area contributed by atoms with Crippen molar-refractivity contribution in [2.75, 3.05) is 19.6 Å². The minimum absolute atomic E-state index is 0.0276. The molecule has 1 aromatic heterocycles. The molecule has 2 unspecified atom stereocenters. The second-order valence-corrected chi connectivity index (χ2v) is 10.5. The van der Waals surface area contributed by atoms with Crippen molar-refractivity contribution in [3.63, 3.8) is 0 Å². The molecule has 0 aliphatic carbocycles. The van der Waals surface area contributed by atoms with Gasteiger partial charge in [0.25, 0.3) is 15.9 Å². The Morgan fingerprint density at radius 2 is 1.87 bits per heavy atom. The van der Waals surface area contributed by atoms with Gasteiger partial charge in [0.05, 0.1) is 5.92 Å². The molecule has 31 heavy (non-hydrogen) atoms. The lowest BCUT2D eigenvalue weighted by molar-refractivity contribution is -0.165.